The van der Waals surface area contributed by atoms with E-state index in [9.17, 15) is 13.2 Å². The number of benzene rings is 2. The summed E-state index contributed by atoms with van der Waals surface area (Å²) in [5, 5.41) is 0. The number of anilines is 2. The molecule has 0 spiro atoms. The van der Waals surface area contributed by atoms with Gasteiger partial charge in [0.1, 0.15) is 0 Å². The van der Waals surface area contributed by atoms with Crippen molar-refractivity contribution in [1.29, 1.82) is 0 Å². The van der Waals surface area contributed by atoms with Crippen LogP contribution in [0.15, 0.2) is 42.5 Å². The molecule has 126 valence electrons. The van der Waals surface area contributed by atoms with Crippen molar-refractivity contribution in [3.05, 3.63) is 59.2 Å². The van der Waals surface area contributed by atoms with Crippen molar-refractivity contribution in [2.75, 3.05) is 22.4 Å². The van der Waals surface area contributed by atoms with Crippen molar-refractivity contribution in [3.8, 4) is 0 Å². The highest BCUT2D eigenvalue weighted by Crippen LogP contribution is 2.29. The summed E-state index contributed by atoms with van der Waals surface area (Å²) in [6, 6.07) is 13.0. The van der Waals surface area contributed by atoms with Crippen LogP contribution in [0.4, 0.5) is 11.4 Å². The molecule has 5 nitrogen and oxygen atoms in total. The Kier molecular flexibility index (Phi) is 4.32. The van der Waals surface area contributed by atoms with Crippen molar-refractivity contribution in [2.45, 2.75) is 19.8 Å². The minimum atomic E-state index is -3.39. The van der Waals surface area contributed by atoms with Crippen LogP contribution in [0, 0.1) is 6.92 Å². The van der Waals surface area contributed by atoms with E-state index in [1.165, 1.54) is 5.56 Å². The lowest BCUT2D eigenvalue weighted by Crippen LogP contribution is -2.35. The van der Waals surface area contributed by atoms with Gasteiger partial charge in [0, 0.05) is 17.8 Å². The number of fused-ring (bicyclic) bond motifs is 1. The first-order valence-electron chi connectivity index (χ1n) is 7.83. The molecule has 6 heteroatoms. The quantitative estimate of drug-likeness (QED) is 0.931. The third kappa shape index (κ3) is 3.43. The van der Waals surface area contributed by atoms with Gasteiger partial charge in [-0.15, -0.1) is 0 Å². The van der Waals surface area contributed by atoms with Crippen molar-refractivity contribution in [3.63, 3.8) is 0 Å². The molecular formula is C18H20N2O3S. The van der Waals surface area contributed by atoms with Gasteiger partial charge in [0.2, 0.25) is 10.0 Å². The average molecular weight is 344 g/mol. The Bertz CT molecular complexity index is 891. The van der Waals surface area contributed by atoms with Crippen LogP contribution in [0.3, 0.4) is 0 Å². The van der Waals surface area contributed by atoms with Gasteiger partial charge >= 0.3 is 0 Å². The molecule has 24 heavy (non-hydrogen) atoms. The molecular weight excluding hydrogens is 324 g/mol. The van der Waals surface area contributed by atoms with E-state index in [0.717, 1.165) is 30.3 Å². The fourth-order valence-electron chi connectivity index (χ4n) is 2.97. The summed E-state index contributed by atoms with van der Waals surface area (Å²) in [5.41, 5.74) is 3.79. The summed E-state index contributed by atoms with van der Waals surface area (Å²) in [4.78, 5) is 14.7. The molecule has 0 aliphatic carbocycles. The number of nitrogens with one attached hydrogen (secondary N) is 1. The third-order valence-electron chi connectivity index (χ3n) is 4.14. The molecule has 3 rings (SSSR count). The van der Waals surface area contributed by atoms with E-state index in [2.05, 4.69) is 4.72 Å². The van der Waals surface area contributed by atoms with Crippen LogP contribution >= 0.6 is 0 Å². The average Bonchev–Trinajstić information content (AvgIpc) is 2.54. The molecule has 0 fully saturated rings. The largest absolute Gasteiger partial charge is 0.308 e. The third-order valence-corrected chi connectivity index (χ3v) is 4.73. The summed E-state index contributed by atoms with van der Waals surface area (Å²) in [5.74, 6) is -0.112. The molecule has 2 aromatic rings. The van der Waals surface area contributed by atoms with Crippen molar-refractivity contribution >= 4 is 27.3 Å². The van der Waals surface area contributed by atoms with Gasteiger partial charge in [0.05, 0.1) is 11.9 Å². The van der Waals surface area contributed by atoms with E-state index in [4.69, 9.17) is 0 Å². The Balaban J connectivity index is 1.95. The lowest BCUT2D eigenvalue weighted by molar-refractivity contribution is 0.0985. The number of hydrogen-bond acceptors (Lipinski definition) is 3. The normalized spacial score (nSPS) is 14.2. The zero-order chi connectivity index (χ0) is 17.3. The van der Waals surface area contributed by atoms with E-state index >= 15 is 0 Å². The Hall–Kier alpha value is -2.34. The number of sulfonamides is 1. The second-order valence-electron chi connectivity index (χ2n) is 6.09. The fraction of sp³-hybridized carbons (Fsp3) is 0.278. The SMILES string of the molecule is Cc1ccc(C(=O)N2CCCc3ccccc32)cc1NS(C)(=O)=O. The zero-order valence-corrected chi connectivity index (χ0v) is 14.6. The molecule has 0 bridgehead atoms. The van der Waals surface area contributed by atoms with E-state index in [-0.39, 0.29) is 5.91 Å². The molecule has 0 radical (unpaired) electrons. The first kappa shape index (κ1) is 16.5. The summed E-state index contributed by atoms with van der Waals surface area (Å²) in [7, 11) is -3.39. The van der Waals surface area contributed by atoms with Crippen LogP contribution in [0.1, 0.15) is 27.9 Å². The molecule has 0 atom stereocenters. The van der Waals surface area contributed by atoms with Crippen LogP contribution < -0.4 is 9.62 Å². The maximum atomic E-state index is 12.9. The maximum absolute atomic E-state index is 12.9. The Morgan fingerprint density at radius 1 is 1.17 bits per heavy atom. The molecule has 0 unspecified atom stereocenters. The molecule has 0 aromatic heterocycles. The van der Waals surface area contributed by atoms with Crippen LogP contribution in [-0.4, -0.2) is 27.1 Å². The second-order valence-corrected chi connectivity index (χ2v) is 7.84. The van der Waals surface area contributed by atoms with Crippen molar-refractivity contribution in [1.82, 2.24) is 0 Å². The first-order valence-corrected chi connectivity index (χ1v) is 9.72. The highest BCUT2D eigenvalue weighted by molar-refractivity contribution is 7.92. The van der Waals surface area contributed by atoms with E-state index < -0.39 is 10.0 Å². The Morgan fingerprint density at radius 3 is 2.67 bits per heavy atom. The lowest BCUT2D eigenvalue weighted by atomic mass is 10.0. The standard InChI is InChI=1S/C18H20N2O3S/c1-13-9-10-15(12-16(13)19-24(2,22)23)18(21)20-11-5-7-14-6-3-4-8-17(14)20/h3-4,6,8-10,12,19H,5,7,11H2,1-2H3. The molecule has 1 aliphatic heterocycles. The van der Waals surface area contributed by atoms with Crippen molar-refractivity contribution < 1.29 is 13.2 Å². The van der Waals surface area contributed by atoms with Gasteiger partial charge in [0.25, 0.3) is 5.91 Å². The molecule has 0 saturated carbocycles. The van der Waals surface area contributed by atoms with Crippen LogP contribution in [0.25, 0.3) is 0 Å². The highest BCUT2D eigenvalue weighted by atomic mass is 32.2. The lowest BCUT2D eigenvalue weighted by Gasteiger charge is -2.29. The maximum Gasteiger partial charge on any atom is 0.258 e. The van der Waals surface area contributed by atoms with E-state index in [0.29, 0.717) is 17.8 Å². The topological polar surface area (TPSA) is 66.5 Å². The predicted molar refractivity (Wildman–Crippen MR) is 96.1 cm³/mol. The fourth-order valence-corrected chi connectivity index (χ4v) is 3.58. The zero-order valence-electron chi connectivity index (χ0n) is 13.7. The summed E-state index contributed by atoms with van der Waals surface area (Å²) >= 11 is 0. The van der Waals surface area contributed by atoms with Gasteiger partial charge in [-0.25, -0.2) is 8.42 Å². The minimum absolute atomic E-state index is 0.112. The summed E-state index contributed by atoms with van der Waals surface area (Å²) in [6.07, 6.45) is 2.99. The number of para-hydroxylation sites is 1. The van der Waals surface area contributed by atoms with Gasteiger partial charge in [0.15, 0.2) is 0 Å². The second kappa shape index (κ2) is 6.28. The predicted octanol–water partition coefficient (Wildman–Crippen LogP) is 2.96. The number of aryl methyl sites for hydroxylation is 2. The minimum Gasteiger partial charge on any atom is -0.308 e. The summed E-state index contributed by atoms with van der Waals surface area (Å²) in [6.45, 7) is 2.47. The van der Waals surface area contributed by atoms with Gasteiger partial charge in [-0.05, 0) is 49.1 Å². The number of rotatable bonds is 3. The van der Waals surface area contributed by atoms with Crippen LogP contribution in [0.2, 0.25) is 0 Å². The molecule has 1 N–H and O–H groups in total. The number of carbonyl (C=O) groups is 1. The Morgan fingerprint density at radius 2 is 1.92 bits per heavy atom. The molecule has 1 aliphatic rings. The molecule has 1 heterocycles. The smallest absolute Gasteiger partial charge is 0.258 e. The van der Waals surface area contributed by atoms with Crippen LogP contribution in [0.5, 0.6) is 0 Å². The molecule has 2 aromatic carbocycles. The molecule has 1 amide bonds. The number of hydrogen-bond donors (Lipinski definition) is 1. The van der Waals surface area contributed by atoms with Gasteiger partial charge in [-0.3, -0.25) is 9.52 Å². The van der Waals surface area contributed by atoms with Gasteiger partial charge in [-0.2, -0.15) is 0 Å². The van der Waals surface area contributed by atoms with Crippen molar-refractivity contribution in [2.24, 2.45) is 0 Å². The van der Waals surface area contributed by atoms with E-state index in [1.807, 2.05) is 24.3 Å². The first-order chi connectivity index (χ1) is 11.3. The van der Waals surface area contributed by atoms with Crippen LogP contribution in [-0.2, 0) is 16.4 Å². The monoisotopic (exact) mass is 344 g/mol. The molecule has 0 saturated heterocycles. The number of nitrogens with zero attached hydrogens (tertiary/aromatic N) is 1. The Labute approximate surface area is 142 Å². The number of amides is 1. The number of carbonyl (C=O) groups excluding carboxylic acids is 1. The van der Waals surface area contributed by atoms with Gasteiger partial charge in [-0.1, -0.05) is 24.3 Å². The van der Waals surface area contributed by atoms with Gasteiger partial charge < -0.3 is 4.90 Å². The highest BCUT2D eigenvalue weighted by Gasteiger charge is 2.23. The van der Waals surface area contributed by atoms with E-state index in [1.54, 1.807) is 30.0 Å². The summed E-state index contributed by atoms with van der Waals surface area (Å²) < 4.78 is 25.5.